The van der Waals surface area contributed by atoms with Gasteiger partial charge < -0.3 is 14.1 Å². The van der Waals surface area contributed by atoms with Crippen molar-refractivity contribution in [3.8, 4) is 11.5 Å². The lowest BCUT2D eigenvalue weighted by molar-refractivity contribution is -0.136. The maximum absolute atomic E-state index is 12.6. The van der Waals surface area contributed by atoms with Crippen LogP contribution >= 0.6 is 11.6 Å². The smallest absolute Gasteiger partial charge is 0.338 e. The molecule has 0 aliphatic heterocycles. The van der Waals surface area contributed by atoms with E-state index in [1.165, 1.54) is 24.5 Å². The highest BCUT2D eigenvalue weighted by molar-refractivity contribution is 6.33. The van der Waals surface area contributed by atoms with Crippen LogP contribution in [0.3, 0.4) is 0 Å². The summed E-state index contributed by atoms with van der Waals surface area (Å²) in [6.07, 6.45) is 4.74. The minimum atomic E-state index is -0.574. The molecule has 1 aromatic carbocycles. The lowest BCUT2D eigenvalue weighted by atomic mass is 10.2. The van der Waals surface area contributed by atoms with Crippen molar-refractivity contribution in [3.05, 3.63) is 65.3 Å². The van der Waals surface area contributed by atoms with Gasteiger partial charge in [-0.3, -0.25) is 9.78 Å². The standard InChI is InChI=1S/C20H17ClN4O4/c21-16-4-2-1-3-15(16)19-24-23-17(29-19)11-25(14-5-6-14)18(26)12-28-20(27)13-7-9-22-10-8-13/h1-4,7-10,14H,5-6,11-12H2. The second-order valence-electron chi connectivity index (χ2n) is 6.55. The van der Waals surface area contributed by atoms with Crippen molar-refractivity contribution < 1.29 is 18.7 Å². The molecule has 4 rings (SSSR count). The molecule has 1 saturated carbocycles. The van der Waals surface area contributed by atoms with Gasteiger partial charge in [-0.1, -0.05) is 23.7 Å². The first-order valence-corrected chi connectivity index (χ1v) is 9.43. The number of esters is 1. The number of amides is 1. The van der Waals surface area contributed by atoms with Crippen molar-refractivity contribution in [2.75, 3.05) is 6.61 Å². The highest BCUT2D eigenvalue weighted by Crippen LogP contribution is 2.30. The number of rotatable bonds is 7. The van der Waals surface area contributed by atoms with Crippen LogP contribution in [0.2, 0.25) is 5.02 Å². The number of pyridine rings is 1. The lowest BCUT2D eigenvalue weighted by Crippen LogP contribution is -2.36. The van der Waals surface area contributed by atoms with Crippen LogP contribution in [0.4, 0.5) is 0 Å². The SMILES string of the molecule is O=C(OCC(=O)N(Cc1nnc(-c2ccccc2Cl)o1)C1CC1)c1ccncc1. The summed E-state index contributed by atoms with van der Waals surface area (Å²) >= 11 is 6.16. The second-order valence-corrected chi connectivity index (χ2v) is 6.95. The molecule has 2 aromatic heterocycles. The van der Waals surface area contributed by atoms with Crippen molar-refractivity contribution in [2.45, 2.75) is 25.4 Å². The molecule has 0 saturated heterocycles. The van der Waals surface area contributed by atoms with Gasteiger partial charge >= 0.3 is 5.97 Å². The Morgan fingerprint density at radius 2 is 1.90 bits per heavy atom. The van der Waals surface area contributed by atoms with E-state index in [1.807, 2.05) is 12.1 Å². The zero-order chi connectivity index (χ0) is 20.2. The van der Waals surface area contributed by atoms with Gasteiger partial charge in [0.1, 0.15) is 0 Å². The summed E-state index contributed by atoms with van der Waals surface area (Å²) in [4.78, 5) is 30.1. The molecule has 1 fully saturated rings. The Hall–Kier alpha value is -3.26. The molecule has 9 heteroatoms. The van der Waals surface area contributed by atoms with Gasteiger partial charge in [0.25, 0.3) is 5.91 Å². The van der Waals surface area contributed by atoms with Crippen molar-refractivity contribution in [3.63, 3.8) is 0 Å². The summed E-state index contributed by atoms with van der Waals surface area (Å²) in [6.45, 7) is -0.211. The van der Waals surface area contributed by atoms with Crippen LogP contribution in [0.5, 0.6) is 0 Å². The summed E-state index contributed by atoms with van der Waals surface area (Å²) in [5.74, 6) is -0.304. The maximum atomic E-state index is 12.6. The largest absolute Gasteiger partial charge is 0.452 e. The molecule has 29 heavy (non-hydrogen) atoms. The van der Waals surface area contributed by atoms with E-state index in [0.717, 1.165) is 12.8 Å². The first-order chi connectivity index (χ1) is 14.1. The third-order valence-electron chi connectivity index (χ3n) is 4.43. The average Bonchev–Trinajstić information content (AvgIpc) is 3.49. The molecule has 1 aliphatic rings. The van der Waals surface area contributed by atoms with Gasteiger partial charge in [-0.05, 0) is 37.1 Å². The Morgan fingerprint density at radius 3 is 2.62 bits per heavy atom. The van der Waals surface area contributed by atoms with E-state index < -0.39 is 5.97 Å². The van der Waals surface area contributed by atoms with Gasteiger partial charge in [-0.15, -0.1) is 10.2 Å². The first kappa shape index (κ1) is 19.1. The van der Waals surface area contributed by atoms with Gasteiger partial charge in [0, 0.05) is 18.4 Å². The highest BCUT2D eigenvalue weighted by atomic mass is 35.5. The van der Waals surface area contributed by atoms with Crippen LogP contribution in [-0.2, 0) is 16.1 Å². The van der Waals surface area contributed by atoms with E-state index in [2.05, 4.69) is 15.2 Å². The number of carbonyl (C=O) groups excluding carboxylic acids is 2. The van der Waals surface area contributed by atoms with E-state index in [1.54, 1.807) is 17.0 Å². The van der Waals surface area contributed by atoms with Crippen LogP contribution in [-0.4, -0.2) is 44.6 Å². The molecule has 0 bridgehead atoms. The van der Waals surface area contributed by atoms with Crippen LogP contribution < -0.4 is 0 Å². The average molecular weight is 413 g/mol. The molecule has 0 unspecified atom stereocenters. The topological polar surface area (TPSA) is 98.4 Å². The number of ether oxygens (including phenoxy) is 1. The van der Waals surface area contributed by atoms with Crippen LogP contribution in [0.25, 0.3) is 11.5 Å². The molecule has 0 atom stereocenters. The fourth-order valence-corrected chi connectivity index (χ4v) is 3.01. The monoisotopic (exact) mass is 412 g/mol. The molecule has 8 nitrogen and oxygen atoms in total. The first-order valence-electron chi connectivity index (χ1n) is 9.05. The molecule has 1 aliphatic carbocycles. The zero-order valence-corrected chi connectivity index (χ0v) is 16.1. The molecular weight excluding hydrogens is 396 g/mol. The minimum Gasteiger partial charge on any atom is -0.452 e. The predicted molar refractivity (Wildman–Crippen MR) is 103 cm³/mol. The van der Waals surface area contributed by atoms with Crippen molar-refractivity contribution in [1.29, 1.82) is 0 Å². The van der Waals surface area contributed by atoms with Gasteiger partial charge in [0.2, 0.25) is 11.8 Å². The number of hydrogen-bond acceptors (Lipinski definition) is 7. The van der Waals surface area contributed by atoms with E-state index in [9.17, 15) is 9.59 Å². The normalized spacial score (nSPS) is 13.1. The summed E-state index contributed by atoms with van der Waals surface area (Å²) < 4.78 is 10.8. The molecule has 2 heterocycles. The Morgan fingerprint density at radius 1 is 1.14 bits per heavy atom. The third kappa shape index (κ3) is 4.60. The fourth-order valence-electron chi connectivity index (χ4n) is 2.80. The molecular formula is C20H17ClN4O4. The Balaban J connectivity index is 1.40. The van der Waals surface area contributed by atoms with Gasteiger partial charge in [-0.2, -0.15) is 0 Å². The summed E-state index contributed by atoms with van der Waals surface area (Å²) in [7, 11) is 0. The Bertz CT molecular complexity index is 1020. The van der Waals surface area contributed by atoms with Crippen molar-refractivity contribution >= 4 is 23.5 Å². The number of nitrogens with zero attached hydrogens (tertiary/aromatic N) is 4. The summed E-state index contributed by atoms with van der Waals surface area (Å²) in [5.41, 5.74) is 0.968. The zero-order valence-electron chi connectivity index (χ0n) is 15.3. The second kappa shape index (κ2) is 8.40. The fraction of sp³-hybridized carbons (Fsp3) is 0.250. The quantitative estimate of drug-likeness (QED) is 0.549. The Kier molecular flexibility index (Phi) is 5.53. The van der Waals surface area contributed by atoms with E-state index in [4.69, 9.17) is 20.8 Å². The molecule has 3 aromatic rings. The van der Waals surface area contributed by atoms with Gasteiger partial charge in [0.15, 0.2) is 6.61 Å². The number of benzene rings is 1. The molecule has 0 N–H and O–H groups in total. The van der Waals surface area contributed by atoms with E-state index in [-0.39, 0.29) is 31.0 Å². The van der Waals surface area contributed by atoms with Crippen LogP contribution in [0.1, 0.15) is 29.1 Å². The Labute approximate surface area is 171 Å². The van der Waals surface area contributed by atoms with Crippen molar-refractivity contribution in [2.24, 2.45) is 0 Å². The van der Waals surface area contributed by atoms with Crippen molar-refractivity contribution in [1.82, 2.24) is 20.1 Å². The molecule has 0 radical (unpaired) electrons. The number of aromatic nitrogens is 3. The van der Waals surface area contributed by atoms with Crippen LogP contribution in [0, 0.1) is 0 Å². The number of hydrogen-bond donors (Lipinski definition) is 0. The van der Waals surface area contributed by atoms with Crippen LogP contribution in [0.15, 0.2) is 53.2 Å². The van der Waals surface area contributed by atoms with Gasteiger partial charge in [-0.25, -0.2) is 4.79 Å². The summed E-state index contributed by atoms with van der Waals surface area (Å²) in [5, 5.41) is 8.55. The van der Waals surface area contributed by atoms with Gasteiger partial charge in [0.05, 0.1) is 22.7 Å². The maximum Gasteiger partial charge on any atom is 0.338 e. The molecule has 0 spiro atoms. The number of carbonyl (C=O) groups is 2. The van der Waals surface area contributed by atoms with E-state index in [0.29, 0.717) is 22.0 Å². The predicted octanol–water partition coefficient (Wildman–Crippen LogP) is 3.13. The van der Waals surface area contributed by atoms with E-state index >= 15 is 0 Å². The third-order valence-corrected chi connectivity index (χ3v) is 4.76. The molecule has 1 amide bonds. The molecule has 148 valence electrons. The summed E-state index contributed by atoms with van der Waals surface area (Å²) in [6, 6.07) is 10.3. The number of halogens is 1. The lowest BCUT2D eigenvalue weighted by Gasteiger charge is -2.20. The highest BCUT2D eigenvalue weighted by Gasteiger charge is 2.34. The minimum absolute atomic E-state index is 0.0813.